The quantitative estimate of drug-likeness (QED) is 0.584. The summed E-state index contributed by atoms with van der Waals surface area (Å²) in [6, 6.07) is 14.2. The van der Waals surface area contributed by atoms with E-state index in [4.69, 9.17) is 20.0 Å². The van der Waals surface area contributed by atoms with E-state index in [0.29, 0.717) is 21.8 Å². The SMILES string of the molecule is COc1cccc(/C=C2\Oc3c(ccc(O)c3C[NH+](CC#N)CC#N)C2=O)c1. The zero-order valence-electron chi connectivity index (χ0n) is 15.2. The molecule has 140 valence electrons. The molecule has 0 bridgehead atoms. The standard InChI is InChI=1S/C21H17N3O4/c1-27-15-4-2-3-14(11-15)12-19-20(26)16-5-6-18(25)17(21(16)28-19)13-24(9-7-22)10-8-23/h2-6,11-12,25H,9-10,13H2,1H3/p+1/b19-12-. The maximum absolute atomic E-state index is 12.7. The highest BCUT2D eigenvalue weighted by Gasteiger charge is 2.32. The van der Waals surface area contributed by atoms with Gasteiger partial charge in [0.05, 0.1) is 18.2 Å². The molecule has 0 spiro atoms. The van der Waals surface area contributed by atoms with Gasteiger partial charge < -0.3 is 19.5 Å². The van der Waals surface area contributed by atoms with E-state index in [9.17, 15) is 9.90 Å². The molecule has 0 fully saturated rings. The van der Waals surface area contributed by atoms with Gasteiger partial charge in [0.1, 0.15) is 30.2 Å². The largest absolute Gasteiger partial charge is 0.507 e. The van der Waals surface area contributed by atoms with Crippen LogP contribution in [0, 0.1) is 22.7 Å². The minimum Gasteiger partial charge on any atom is -0.507 e. The number of methoxy groups -OCH3 is 1. The first-order valence-electron chi connectivity index (χ1n) is 8.58. The van der Waals surface area contributed by atoms with E-state index in [2.05, 4.69) is 0 Å². The Balaban J connectivity index is 1.95. The third-order valence-corrected chi connectivity index (χ3v) is 4.39. The fourth-order valence-corrected chi connectivity index (χ4v) is 3.01. The van der Waals surface area contributed by atoms with Crippen LogP contribution in [0.3, 0.4) is 0 Å². The minimum atomic E-state index is -0.291. The van der Waals surface area contributed by atoms with E-state index in [1.165, 1.54) is 12.1 Å². The molecule has 28 heavy (non-hydrogen) atoms. The van der Waals surface area contributed by atoms with Gasteiger partial charge in [-0.1, -0.05) is 12.1 Å². The lowest BCUT2D eigenvalue weighted by atomic mass is 10.0. The average Bonchev–Trinajstić information content (AvgIpc) is 3.00. The molecule has 1 aliphatic rings. The summed E-state index contributed by atoms with van der Waals surface area (Å²) in [5.41, 5.74) is 1.48. The zero-order valence-corrected chi connectivity index (χ0v) is 15.2. The smallest absolute Gasteiger partial charge is 0.231 e. The number of Topliss-reactive ketones (excluding diaryl/α,β-unsaturated/α-hetero) is 1. The lowest BCUT2D eigenvalue weighted by Crippen LogP contribution is -3.10. The van der Waals surface area contributed by atoms with Crippen molar-refractivity contribution in [1.82, 2.24) is 0 Å². The first-order valence-corrected chi connectivity index (χ1v) is 8.58. The molecule has 2 aromatic carbocycles. The van der Waals surface area contributed by atoms with Crippen LogP contribution < -0.4 is 14.4 Å². The van der Waals surface area contributed by atoms with E-state index in [1.807, 2.05) is 18.2 Å². The molecular formula is C21H18N3O4+. The van der Waals surface area contributed by atoms with Gasteiger partial charge in [-0.2, -0.15) is 10.5 Å². The number of phenolic OH excluding ortho intramolecular Hbond substituents is 1. The molecule has 7 heteroatoms. The van der Waals surface area contributed by atoms with Crippen molar-refractivity contribution in [3.8, 4) is 29.4 Å². The molecule has 2 N–H and O–H groups in total. The van der Waals surface area contributed by atoms with Crippen molar-refractivity contribution >= 4 is 11.9 Å². The van der Waals surface area contributed by atoms with Crippen molar-refractivity contribution in [3.05, 3.63) is 58.8 Å². The second-order valence-corrected chi connectivity index (χ2v) is 6.25. The number of ether oxygens (including phenoxy) is 2. The van der Waals surface area contributed by atoms with E-state index < -0.39 is 0 Å². The van der Waals surface area contributed by atoms with Crippen LogP contribution in [0.2, 0.25) is 0 Å². The maximum atomic E-state index is 12.7. The lowest BCUT2D eigenvalue weighted by Gasteiger charge is -2.15. The fraction of sp³-hybridized carbons (Fsp3) is 0.190. The summed E-state index contributed by atoms with van der Waals surface area (Å²) in [5.74, 6) is 0.733. The van der Waals surface area contributed by atoms with Crippen molar-refractivity contribution in [2.45, 2.75) is 6.54 Å². The van der Waals surface area contributed by atoms with Gasteiger partial charge in [0.25, 0.3) is 0 Å². The molecule has 1 aliphatic heterocycles. The Morgan fingerprint density at radius 3 is 2.64 bits per heavy atom. The van der Waals surface area contributed by atoms with Crippen LogP contribution in [0.25, 0.3) is 6.08 Å². The second kappa shape index (κ2) is 8.26. The lowest BCUT2D eigenvalue weighted by molar-refractivity contribution is -0.899. The number of allylic oxidation sites excluding steroid dienone is 1. The first kappa shape index (κ1) is 19.0. The van der Waals surface area contributed by atoms with Crippen molar-refractivity contribution < 1.29 is 24.3 Å². The number of ketones is 1. The molecule has 3 rings (SSSR count). The van der Waals surface area contributed by atoms with Crippen molar-refractivity contribution in [1.29, 1.82) is 10.5 Å². The molecule has 0 saturated carbocycles. The maximum Gasteiger partial charge on any atom is 0.231 e. The molecule has 0 radical (unpaired) electrons. The van der Waals surface area contributed by atoms with Crippen molar-refractivity contribution in [2.24, 2.45) is 0 Å². The molecule has 0 saturated heterocycles. The van der Waals surface area contributed by atoms with Crippen molar-refractivity contribution in [3.63, 3.8) is 0 Å². The molecule has 7 nitrogen and oxygen atoms in total. The normalized spacial score (nSPS) is 13.7. The third kappa shape index (κ3) is 3.80. The number of fused-ring (bicyclic) bond motifs is 1. The number of carbonyl (C=O) groups is 1. The molecule has 0 aromatic heterocycles. The summed E-state index contributed by atoms with van der Waals surface area (Å²) in [5, 5.41) is 28.2. The van der Waals surface area contributed by atoms with Gasteiger partial charge in [0.15, 0.2) is 24.6 Å². The second-order valence-electron chi connectivity index (χ2n) is 6.25. The number of nitrogens with one attached hydrogen (secondary N) is 1. The molecule has 0 atom stereocenters. The van der Waals surface area contributed by atoms with E-state index >= 15 is 0 Å². The number of aromatic hydroxyl groups is 1. The highest BCUT2D eigenvalue weighted by atomic mass is 16.5. The predicted octanol–water partition coefficient (Wildman–Crippen LogP) is 1.45. The highest BCUT2D eigenvalue weighted by molar-refractivity contribution is 6.15. The Kier molecular flexibility index (Phi) is 5.59. The van der Waals surface area contributed by atoms with Crippen LogP contribution in [0.4, 0.5) is 0 Å². The van der Waals surface area contributed by atoms with Gasteiger partial charge >= 0.3 is 0 Å². The van der Waals surface area contributed by atoms with Crippen LogP contribution in [-0.2, 0) is 6.54 Å². The predicted molar refractivity (Wildman–Crippen MR) is 99.7 cm³/mol. The van der Waals surface area contributed by atoms with Gasteiger partial charge in [-0.15, -0.1) is 0 Å². The van der Waals surface area contributed by atoms with Gasteiger partial charge in [-0.25, -0.2) is 0 Å². The Hall–Kier alpha value is -3.81. The number of nitriles is 2. The summed E-state index contributed by atoms with van der Waals surface area (Å²) in [6.07, 6.45) is 1.61. The molecule has 0 amide bonds. The van der Waals surface area contributed by atoms with E-state index in [-0.39, 0.29) is 42.7 Å². The van der Waals surface area contributed by atoms with Gasteiger partial charge in [-0.3, -0.25) is 4.79 Å². The summed E-state index contributed by atoms with van der Waals surface area (Å²) in [4.78, 5) is 13.4. The topological polar surface area (TPSA) is 108 Å². The highest BCUT2D eigenvalue weighted by Crippen LogP contribution is 2.39. The summed E-state index contributed by atoms with van der Waals surface area (Å²) < 4.78 is 11.0. The van der Waals surface area contributed by atoms with E-state index in [1.54, 1.807) is 31.4 Å². The van der Waals surface area contributed by atoms with Crippen LogP contribution in [-0.4, -0.2) is 31.1 Å². The monoisotopic (exact) mass is 376 g/mol. The zero-order chi connectivity index (χ0) is 20.1. The number of rotatable bonds is 6. The number of carbonyl (C=O) groups excluding carboxylic acids is 1. The summed E-state index contributed by atoms with van der Waals surface area (Å²) >= 11 is 0. The fourth-order valence-electron chi connectivity index (χ4n) is 3.01. The van der Waals surface area contributed by atoms with Crippen LogP contribution in [0.1, 0.15) is 21.5 Å². The van der Waals surface area contributed by atoms with Gasteiger partial charge in [-0.05, 0) is 35.9 Å². The summed E-state index contributed by atoms with van der Waals surface area (Å²) in [7, 11) is 1.56. The summed E-state index contributed by atoms with van der Waals surface area (Å²) in [6.45, 7) is 0.379. The number of nitrogens with zero attached hydrogens (tertiary/aromatic N) is 2. The number of quaternary nitrogens is 1. The third-order valence-electron chi connectivity index (χ3n) is 4.39. The van der Waals surface area contributed by atoms with Crippen molar-refractivity contribution in [2.75, 3.05) is 20.2 Å². The Morgan fingerprint density at radius 2 is 1.96 bits per heavy atom. The molecular weight excluding hydrogens is 358 g/mol. The molecule has 0 aliphatic carbocycles. The van der Waals surface area contributed by atoms with Crippen LogP contribution in [0.5, 0.6) is 17.2 Å². The van der Waals surface area contributed by atoms with Crippen LogP contribution in [0.15, 0.2) is 42.2 Å². The number of phenols is 1. The van der Waals surface area contributed by atoms with Gasteiger partial charge in [0.2, 0.25) is 5.78 Å². The Labute approximate surface area is 162 Å². The molecule has 0 unspecified atom stereocenters. The Morgan fingerprint density at radius 1 is 1.21 bits per heavy atom. The number of benzene rings is 2. The molecule has 2 aromatic rings. The Bertz CT molecular complexity index is 1010. The van der Waals surface area contributed by atoms with Crippen LogP contribution >= 0.6 is 0 Å². The van der Waals surface area contributed by atoms with E-state index in [0.717, 1.165) is 5.56 Å². The molecule has 1 heterocycles. The van der Waals surface area contributed by atoms with Gasteiger partial charge in [0, 0.05) is 0 Å². The minimum absolute atomic E-state index is 0.0393. The first-order chi connectivity index (χ1) is 13.6. The number of hydrogen-bond donors (Lipinski definition) is 2. The number of hydrogen-bond acceptors (Lipinski definition) is 6. The average molecular weight is 376 g/mol.